The third kappa shape index (κ3) is 3.84. The van der Waals surface area contributed by atoms with Crippen molar-refractivity contribution in [3.8, 4) is 17.3 Å². The van der Waals surface area contributed by atoms with E-state index in [2.05, 4.69) is 24.0 Å². The van der Waals surface area contributed by atoms with Gasteiger partial charge in [0.1, 0.15) is 6.54 Å². The standard InChI is InChI=1S/C29H26N4O2S3/c1-3-30-19-24(27-31(4-2)22-17-11-12-18-23(22)37-27)38(35)28(30)25-26(34)33(21-15-9-6-10-16-21)29(36)32(25)20-13-7-5-8-14-20/h5-19,34H,3-4H2,1-2H3/p-1. The second kappa shape index (κ2) is 9.98. The van der Waals surface area contributed by atoms with Crippen LogP contribution < -0.4 is 10.0 Å². The molecule has 6 nitrogen and oxygen atoms in total. The van der Waals surface area contributed by atoms with E-state index in [1.807, 2.05) is 90.5 Å². The number of hydrogen-bond donors (Lipinski definition) is 0. The molecule has 6 rings (SSSR count). The van der Waals surface area contributed by atoms with Gasteiger partial charge in [-0.3, -0.25) is 8.78 Å². The molecule has 0 bridgehead atoms. The number of fused-ring (bicyclic) bond motifs is 1. The number of rotatable bonds is 5. The third-order valence-corrected chi connectivity index (χ3v) is 9.80. The first-order valence-electron chi connectivity index (χ1n) is 12.4. The van der Waals surface area contributed by atoms with Crippen LogP contribution in [0.5, 0.6) is 5.88 Å². The van der Waals surface area contributed by atoms with E-state index < -0.39 is 10.8 Å². The Morgan fingerprint density at radius 3 is 2.16 bits per heavy atom. The van der Waals surface area contributed by atoms with Gasteiger partial charge in [-0.1, -0.05) is 60.3 Å². The van der Waals surface area contributed by atoms with Crippen molar-refractivity contribution in [1.29, 1.82) is 0 Å². The van der Waals surface area contributed by atoms with Gasteiger partial charge in [-0.15, -0.1) is 5.88 Å². The summed E-state index contributed by atoms with van der Waals surface area (Å²) in [4.78, 5) is 4.02. The zero-order valence-corrected chi connectivity index (χ0v) is 23.4. The van der Waals surface area contributed by atoms with Gasteiger partial charge in [0.2, 0.25) is 0 Å². The molecule has 4 aromatic rings. The maximum absolute atomic E-state index is 14.4. The third-order valence-electron chi connectivity index (χ3n) is 6.63. The zero-order chi connectivity index (χ0) is 26.4. The molecule has 0 radical (unpaired) electrons. The van der Waals surface area contributed by atoms with Gasteiger partial charge in [0.05, 0.1) is 32.6 Å². The Morgan fingerprint density at radius 2 is 1.53 bits per heavy atom. The van der Waals surface area contributed by atoms with E-state index in [9.17, 15) is 9.32 Å². The van der Waals surface area contributed by atoms with Crippen molar-refractivity contribution in [3.63, 3.8) is 0 Å². The van der Waals surface area contributed by atoms with Crippen LogP contribution in [0.25, 0.3) is 11.4 Å². The molecular formula is C29H25N4O2S3-. The number of imidazole rings is 1. The van der Waals surface area contributed by atoms with Crippen molar-refractivity contribution in [2.24, 2.45) is 0 Å². The smallest absolute Gasteiger partial charge is 0.192 e. The van der Waals surface area contributed by atoms with Crippen LogP contribution in [0.4, 0.5) is 5.69 Å². The number of benzene rings is 3. The van der Waals surface area contributed by atoms with E-state index >= 15 is 0 Å². The maximum Gasteiger partial charge on any atom is 0.192 e. The lowest BCUT2D eigenvalue weighted by atomic mass is 10.3. The van der Waals surface area contributed by atoms with E-state index in [1.54, 1.807) is 16.3 Å². The average molecular weight is 558 g/mol. The minimum absolute atomic E-state index is 0.291. The number of nitrogens with zero attached hydrogens (tertiary/aromatic N) is 4. The second-order valence-electron chi connectivity index (χ2n) is 8.75. The second-order valence-corrected chi connectivity index (χ2v) is 11.5. The van der Waals surface area contributed by atoms with Gasteiger partial charge in [0.25, 0.3) is 0 Å². The first kappa shape index (κ1) is 24.8. The van der Waals surface area contributed by atoms with Crippen molar-refractivity contribution in [3.05, 3.63) is 111 Å². The highest BCUT2D eigenvalue weighted by Crippen LogP contribution is 2.49. The quantitative estimate of drug-likeness (QED) is 0.182. The molecule has 3 heterocycles. The van der Waals surface area contributed by atoms with Crippen molar-refractivity contribution in [2.75, 3.05) is 18.0 Å². The van der Waals surface area contributed by atoms with E-state index in [4.69, 9.17) is 12.2 Å². The first-order chi connectivity index (χ1) is 18.5. The van der Waals surface area contributed by atoms with Crippen molar-refractivity contribution in [2.45, 2.75) is 18.7 Å². The van der Waals surface area contributed by atoms with Gasteiger partial charge in [0, 0.05) is 28.5 Å². The van der Waals surface area contributed by atoms with Gasteiger partial charge in [-0.25, -0.2) is 0 Å². The summed E-state index contributed by atoms with van der Waals surface area (Å²) in [6.07, 6.45) is 1.93. The fourth-order valence-corrected chi connectivity index (χ4v) is 8.19. The minimum atomic E-state index is -1.60. The summed E-state index contributed by atoms with van der Waals surface area (Å²) in [7, 11) is -1.60. The van der Waals surface area contributed by atoms with Gasteiger partial charge < -0.3 is 19.1 Å². The molecule has 0 fully saturated rings. The first-order valence-corrected chi connectivity index (χ1v) is 14.8. The van der Waals surface area contributed by atoms with Crippen LogP contribution in [0.15, 0.2) is 99.8 Å². The summed E-state index contributed by atoms with van der Waals surface area (Å²) in [5.41, 5.74) is 2.85. The van der Waals surface area contributed by atoms with Gasteiger partial charge >= 0.3 is 0 Å². The molecule has 3 aromatic carbocycles. The minimum Gasteiger partial charge on any atom is -0.914 e. The number of anilines is 1. The van der Waals surface area contributed by atoms with E-state index in [0.29, 0.717) is 33.0 Å². The predicted molar refractivity (Wildman–Crippen MR) is 155 cm³/mol. The molecule has 1 aromatic heterocycles. The van der Waals surface area contributed by atoms with Gasteiger partial charge in [-0.05, 0) is 62.5 Å². The fraction of sp³-hybridized carbons (Fsp3) is 0.138. The summed E-state index contributed by atoms with van der Waals surface area (Å²) < 4.78 is 19.9. The number of thioether (sulfide) groups is 1. The lowest BCUT2D eigenvalue weighted by Crippen LogP contribution is -2.22. The van der Waals surface area contributed by atoms with Crippen LogP contribution >= 0.6 is 24.0 Å². The number of aromatic nitrogens is 2. The van der Waals surface area contributed by atoms with Crippen LogP contribution in [-0.2, 0) is 10.8 Å². The molecule has 0 amide bonds. The number of allylic oxidation sites excluding steroid dienone is 1. The van der Waals surface area contributed by atoms with Gasteiger partial charge in [-0.2, -0.15) is 0 Å². The Labute approximate surface area is 233 Å². The van der Waals surface area contributed by atoms with Crippen molar-refractivity contribution >= 4 is 46.7 Å². The number of para-hydroxylation sites is 3. The average Bonchev–Trinajstić information content (AvgIpc) is 3.57. The molecule has 2 aliphatic rings. The van der Waals surface area contributed by atoms with E-state index in [1.165, 1.54) is 4.57 Å². The molecule has 2 aliphatic heterocycles. The zero-order valence-electron chi connectivity index (χ0n) is 20.9. The Bertz CT molecular complexity index is 1670. The number of hydrogen-bond acceptors (Lipinski definition) is 5. The van der Waals surface area contributed by atoms with Crippen molar-refractivity contribution in [1.82, 2.24) is 9.13 Å². The molecule has 0 saturated heterocycles. The molecule has 192 valence electrons. The lowest BCUT2D eigenvalue weighted by molar-refractivity contribution is -0.481. The summed E-state index contributed by atoms with van der Waals surface area (Å²) in [6, 6.07) is 27.1. The molecule has 38 heavy (non-hydrogen) atoms. The van der Waals surface area contributed by atoms with Crippen LogP contribution in [0.1, 0.15) is 19.5 Å². The summed E-state index contributed by atoms with van der Waals surface area (Å²) in [5, 5.41) is 15.5. The summed E-state index contributed by atoms with van der Waals surface area (Å²) in [5.74, 6) is -0.291. The largest absolute Gasteiger partial charge is 0.914 e. The highest BCUT2D eigenvalue weighted by molar-refractivity contribution is 8.05. The highest BCUT2D eigenvalue weighted by Gasteiger charge is 2.39. The molecule has 1 atom stereocenters. The molecule has 0 aliphatic carbocycles. The molecule has 0 N–H and O–H groups in total. The van der Waals surface area contributed by atoms with Crippen LogP contribution in [0.2, 0.25) is 0 Å². The lowest BCUT2D eigenvalue weighted by Gasteiger charge is -2.24. The molecule has 1 unspecified atom stereocenters. The Balaban J connectivity index is 1.57. The summed E-state index contributed by atoms with van der Waals surface area (Å²) >= 11 is 7.52. The maximum atomic E-state index is 14.4. The normalized spacial score (nSPS) is 18.7. The van der Waals surface area contributed by atoms with Gasteiger partial charge in [0.15, 0.2) is 10.1 Å². The molecule has 0 saturated carbocycles. The topological polar surface area (TPSA) is 56.2 Å². The fourth-order valence-electron chi connectivity index (χ4n) is 4.88. The Hall–Kier alpha value is -3.53. The van der Waals surface area contributed by atoms with Crippen LogP contribution in [-0.4, -0.2) is 37.2 Å². The van der Waals surface area contributed by atoms with Crippen molar-refractivity contribution < 1.29 is 13.9 Å². The van der Waals surface area contributed by atoms with E-state index in [-0.39, 0.29) is 5.88 Å². The highest BCUT2D eigenvalue weighted by atomic mass is 32.2. The molecular weight excluding hydrogens is 533 g/mol. The predicted octanol–water partition coefficient (Wildman–Crippen LogP) is 5.58. The van der Waals surface area contributed by atoms with Crippen LogP contribution in [0, 0.1) is 10.1 Å². The Morgan fingerprint density at radius 1 is 0.921 bits per heavy atom. The molecule has 0 spiro atoms. The monoisotopic (exact) mass is 557 g/mol. The SMILES string of the molecule is CCN1C(=C2C=[N+](CC)[C-](c3c([O-])n(-c4ccccc4)c(=S)n3-c3ccccc3)S2=O)Sc2ccccc21. The van der Waals surface area contributed by atoms with Crippen LogP contribution in [0.3, 0.4) is 0 Å². The van der Waals surface area contributed by atoms with E-state index in [0.717, 1.165) is 27.8 Å². The Kier molecular flexibility index (Phi) is 6.51. The molecule has 9 heteroatoms. The summed E-state index contributed by atoms with van der Waals surface area (Å²) in [6.45, 7) is 5.38.